The Hall–Kier alpha value is -2.31. The summed E-state index contributed by atoms with van der Waals surface area (Å²) in [7, 11) is 0. The Labute approximate surface area is 180 Å². The van der Waals surface area contributed by atoms with Crippen molar-refractivity contribution in [2.75, 3.05) is 0 Å². The molecular formula is C22H25ClN4OS. The van der Waals surface area contributed by atoms with Crippen LogP contribution in [0.15, 0.2) is 29.3 Å². The summed E-state index contributed by atoms with van der Waals surface area (Å²) in [6, 6.07) is 7.31. The molecule has 1 atom stereocenters. The number of fused-ring (bicyclic) bond motifs is 3. The monoisotopic (exact) mass is 428 g/mol. The van der Waals surface area contributed by atoms with E-state index in [1.54, 1.807) is 18.3 Å². The second kappa shape index (κ2) is 8.59. The van der Waals surface area contributed by atoms with E-state index >= 15 is 0 Å². The van der Waals surface area contributed by atoms with E-state index in [9.17, 15) is 4.79 Å². The van der Waals surface area contributed by atoms with E-state index in [2.05, 4.69) is 28.6 Å². The van der Waals surface area contributed by atoms with Crippen molar-refractivity contribution >= 4 is 34.4 Å². The van der Waals surface area contributed by atoms with Crippen LogP contribution in [-0.4, -0.2) is 26.3 Å². The fraction of sp³-hybridized carbons (Fsp3) is 0.364. The van der Waals surface area contributed by atoms with Crippen molar-refractivity contribution in [2.45, 2.75) is 54.0 Å². The molecule has 0 fully saturated rings. The molecule has 7 heteroatoms. The number of nitrogens with zero attached hydrogens (tertiary/aromatic N) is 4. The molecule has 0 aliphatic carbocycles. The number of thiophene rings is 1. The molecule has 2 aromatic heterocycles. The molecule has 5 nitrogen and oxygen atoms in total. The molecule has 0 saturated heterocycles. The molecule has 1 aromatic carbocycles. The third-order valence-corrected chi connectivity index (χ3v) is 6.28. The van der Waals surface area contributed by atoms with E-state index in [1.165, 1.54) is 10.4 Å². The summed E-state index contributed by atoms with van der Waals surface area (Å²) in [5.41, 5.74) is 4.12. The average molecular weight is 429 g/mol. The fourth-order valence-corrected chi connectivity index (χ4v) is 4.74. The minimum absolute atomic E-state index is 0.0737. The third-order valence-electron chi connectivity index (χ3n) is 4.84. The SMILES string of the molecule is CC.CC(=O)CC1N=C(c2ccc(Cl)cc2)c2c(sc(C)c2C)-n2c(C)nnc21. The fourth-order valence-electron chi connectivity index (χ4n) is 3.40. The summed E-state index contributed by atoms with van der Waals surface area (Å²) < 4.78 is 2.06. The van der Waals surface area contributed by atoms with Crippen molar-refractivity contribution in [3.8, 4) is 5.00 Å². The smallest absolute Gasteiger partial charge is 0.163 e. The zero-order valence-electron chi connectivity index (χ0n) is 17.6. The number of Topliss-reactive ketones (excluding diaryl/α,β-unsaturated/α-hetero) is 1. The van der Waals surface area contributed by atoms with Gasteiger partial charge in [-0.2, -0.15) is 0 Å². The van der Waals surface area contributed by atoms with Gasteiger partial charge >= 0.3 is 0 Å². The standard InChI is InChI=1S/C20H19ClN4OS.C2H6/c1-10(26)9-16-19-24-23-13(4)25(19)20-17(11(2)12(3)27-20)18(22-16)14-5-7-15(21)8-6-14;1-2/h5-8,16H,9H2,1-4H3;1-2H3. The van der Waals surface area contributed by atoms with Gasteiger partial charge in [0.2, 0.25) is 0 Å². The number of hydrogen-bond donors (Lipinski definition) is 0. The predicted molar refractivity (Wildman–Crippen MR) is 120 cm³/mol. The first kappa shape index (κ1) is 21.4. The van der Waals surface area contributed by atoms with Crippen LogP contribution in [0.5, 0.6) is 0 Å². The van der Waals surface area contributed by atoms with Gasteiger partial charge in [0.25, 0.3) is 0 Å². The lowest BCUT2D eigenvalue weighted by atomic mass is 9.99. The van der Waals surface area contributed by atoms with E-state index in [0.29, 0.717) is 17.3 Å². The highest BCUT2D eigenvalue weighted by Crippen LogP contribution is 2.39. The molecule has 1 aliphatic rings. The van der Waals surface area contributed by atoms with Crippen LogP contribution >= 0.6 is 22.9 Å². The zero-order chi connectivity index (χ0) is 21.3. The minimum Gasteiger partial charge on any atom is -0.300 e. The number of aryl methyl sites for hydroxylation is 2. The van der Waals surface area contributed by atoms with Gasteiger partial charge in [0.05, 0.1) is 5.71 Å². The quantitative estimate of drug-likeness (QED) is 0.529. The average Bonchev–Trinajstić information content (AvgIpc) is 3.16. The molecule has 0 amide bonds. The van der Waals surface area contributed by atoms with Gasteiger partial charge in [-0.1, -0.05) is 37.6 Å². The Morgan fingerprint density at radius 2 is 1.79 bits per heavy atom. The third kappa shape index (κ3) is 3.91. The maximum absolute atomic E-state index is 11.9. The van der Waals surface area contributed by atoms with E-state index in [4.69, 9.17) is 16.6 Å². The molecule has 29 heavy (non-hydrogen) atoms. The Morgan fingerprint density at radius 1 is 1.14 bits per heavy atom. The maximum atomic E-state index is 11.9. The molecule has 0 saturated carbocycles. The van der Waals surface area contributed by atoms with Crippen molar-refractivity contribution in [3.63, 3.8) is 0 Å². The molecule has 152 valence electrons. The van der Waals surface area contributed by atoms with Gasteiger partial charge in [-0.15, -0.1) is 21.5 Å². The first-order valence-electron chi connectivity index (χ1n) is 9.72. The molecule has 0 N–H and O–H groups in total. The first-order valence-corrected chi connectivity index (χ1v) is 10.9. The molecule has 3 aromatic rings. The van der Waals surface area contributed by atoms with Crippen molar-refractivity contribution in [2.24, 2.45) is 4.99 Å². The van der Waals surface area contributed by atoms with Crippen LogP contribution in [0.4, 0.5) is 0 Å². The summed E-state index contributed by atoms with van der Waals surface area (Å²) in [6.45, 7) is 11.7. The number of ketones is 1. The van der Waals surface area contributed by atoms with E-state index in [-0.39, 0.29) is 11.8 Å². The number of halogens is 1. The molecule has 3 heterocycles. The highest BCUT2D eigenvalue weighted by molar-refractivity contribution is 7.15. The Bertz CT molecular complexity index is 1080. The molecule has 0 bridgehead atoms. The van der Waals surface area contributed by atoms with Gasteiger partial charge < -0.3 is 0 Å². The van der Waals surface area contributed by atoms with Crippen molar-refractivity contribution in [1.82, 2.24) is 14.8 Å². The molecular weight excluding hydrogens is 404 g/mol. The summed E-state index contributed by atoms with van der Waals surface area (Å²) >= 11 is 7.79. The number of carbonyl (C=O) groups is 1. The Kier molecular flexibility index (Phi) is 6.34. The van der Waals surface area contributed by atoms with Gasteiger partial charge in [-0.25, -0.2) is 0 Å². The van der Waals surface area contributed by atoms with E-state index in [0.717, 1.165) is 27.7 Å². The number of aliphatic imine (C=N–C) groups is 1. The highest BCUT2D eigenvalue weighted by Gasteiger charge is 2.31. The second-order valence-corrected chi connectivity index (χ2v) is 8.45. The number of benzene rings is 1. The molecule has 1 unspecified atom stereocenters. The Balaban J connectivity index is 0.00000117. The minimum atomic E-state index is -0.367. The van der Waals surface area contributed by atoms with Crippen LogP contribution in [-0.2, 0) is 4.79 Å². The van der Waals surface area contributed by atoms with Crippen LogP contribution < -0.4 is 0 Å². The number of aromatic nitrogens is 3. The number of hydrogen-bond acceptors (Lipinski definition) is 5. The lowest BCUT2D eigenvalue weighted by Crippen LogP contribution is -2.09. The summed E-state index contributed by atoms with van der Waals surface area (Å²) in [5.74, 6) is 1.59. The predicted octanol–water partition coefficient (Wildman–Crippen LogP) is 5.80. The van der Waals surface area contributed by atoms with Gasteiger partial charge in [0.1, 0.15) is 22.7 Å². The van der Waals surface area contributed by atoms with E-state index < -0.39 is 0 Å². The summed E-state index contributed by atoms with van der Waals surface area (Å²) in [4.78, 5) is 18.2. The van der Waals surface area contributed by atoms with E-state index in [1.807, 2.05) is 45.0 Å². The van der Waals surface area contributed by atoms with Gasteiger partial charge in [-0.05, 0) is 45.4 Å². The molecule has 0 spiro atoms. The topological polar surface area (TPSA) is 60.1 Å². The highest BCUT2D eigenvalue weighted by atomic mass is 35.5. The molecule has 1 aliphatic heterocycles. The summed E-state index contributed by atoms with van der Waals surface area (Å²) in [6.07, 6.45) is 0.294. The largest absolute Gasteiger partial charge is 0.300 e. The lowest BCUT2D eigenvalue weighted by molar-refractivity contribution is -0.117. The van der Waals surface area contributed by atoms with Gasteiger partial charge in [-0.3, -0.25) is 14.4 Å². The Morgan fingerprint density at radius 3 is 2.41 bits per heavy atom. The van der Waals surface area contributed by atoms with Crippen molar-refractivity contribution in [1.29, 1.82) is 0 Å². The van der Waals surface area contributed by atoms with Crippen LogP contribution in [0.25, 0.3) is 5.00 Å². The maximum Gasteiger partial charge on any atom is 0.163 e. The van der Waals surface area contributed by atoms with Crippen LogP contribution in [0, 0.1) is 20.8 Å². The second-order valence-electron chi connectivity index (χ2n) is 6.81. The molecule has 0 radical (unpaired) electrons. The lowest BCUT2D eigenvalue weighted by Gasteiger charge is -2.11. The molecule has 4 rings (SSSR count). The normalized spacial score (nSPS) is 14.9. The van der Waals surface area contributed by atoms with Crippen LogP contribution in [0.3, 0.4) is 0 Å². The van der Waals surface area contributed by atoms with Gasteiger partial charge in [0.15, 0.2) is 5.82 Å². The van der Waals surface area contributed by atoms with Crippen LogP contribution in [0.2, 0.25) is 5.02 Å². The van der Waals surface area contributed by atoms with Crippen molar-refractivity contribution < 1.29 is 4.79 Å². The van der Waals surface area contributed by atoms with Crippen molar-refractivity contribution in [3.05, 3.63) is 62.5 Å². The summed E-state index contributed by atoms with van der Waals surface area (Å²) in [5, 5.41) is 10.4. The van der Waals surface area contributed by atoms with Crippen LogP contribution in [0.1, 0.15) is 66.5 Å². The zero-order valence-corrected chi connectivity index (χ0v) is 19.1. The van der Waals surface area contributed by atoms with Gasteiger partial charge in [0, 0.05) is 27.4 Å². The number of carbonyl (C=O) groups excluding carboxylic acids is 1. The number of rotatable bonds is 3. The first-order chi connectivity index (χ1) is 13.9.